The molecule has 1 aromatic heterocycles. The lowest BCUT2D eigenvalue weighted by Crippen LogP contribution is -2.15. The Morgan fingerprint density at radius 3 is 2.35 bits per heavy atom. The van der Waals surface area contributed by atoms with Crippen LogP contribution in [0.2, 0.25) is 0 Å². The van der Waals surface area contributed by atoms with Gasteiger partial charge in [-0.1, -0.05) is 0 Å². The maximum absolute atomic E-state index is 13.8. The largest absolute Gasteiger partial charge is 0.419 e. The van der Waals surface area contributed by atoms with Crippen molar-refractivity contribution in [2.75, 3.05) is 4.72 Å². The molecule has 0 saturated heterocycles. The Morgan fingerprint density at radius 2 is 1.65 bits per heavy atom. The average Bonchev–Trinajstić information content (AvgIpc) is 2.56. The van der Waals surface area contributed by atoms with Crippen molar-refractivity contribution >= 4 is 26.6 Å². The van der Waals surface area contributed by atoms with Crippen molar-refractivity contribution in [3.63, 3.8) is 0 Å². The van der Waals surface area contributed by atoms with Gasteiger partial charge in [-0.2, -0.15) is 13.2 Å². The highest BCUT2D eigenvalue weighted by Crippen LogP contribution is 2.34. The van der Waals surface area contributed by atoms with Crippen LogP contribution >= 0.6 is 0 Å². The fraction of sp³-hybridized carbons (Fsp3) is 0.0625. The van der Waals surface area contributed by atoms with E-state index in [1.165, 1.54) is 18.3 Å². The minimum Gasteiger partial charge on any atom is -0.280 e. The molecule has 0 atom stereocenters. The molecule has 0 amide bonds. The zero-order chi connectivity index (χ0) is 19.1. The van der Waals surface area contributed by atoms with Crippen molar-refractivity contribution in [2.24, 2.45) is 0 Å². The van der Waals surface area contributed by atoms with Crippen LogP contribution in [-0.4, -0.2) is 13.4 Å². The second-order valence-corrected chi connectivity index (χ2v) is 6.89. The Hall–Kier alpha value is -2.75. The van der Waals surface area contributed by atoms with Crippen molar-refractivity contribution in [1.29, 1.82) is 0 Å². The van der Waals surface area contributed by atoms with E-state index in [1.54, 1.807) is 0 Å². The Bertz CT molecular complexity index is 1100. The molecule has 26 heavy (non-hydrogen) atoms. The minimum atomic E-state index is -4.99. The van der Waals surface area contributed by atoms with Gasteiger partial charge in [0.1, 0.15) is 17.2 Å². The standard InChI is InChI=1S/C16H9F5N2O2S/c17-12-4-3-9(8-11(12)16(19,20)21)23-26(24,25)14-6-5-13(18)15-10(14)2-1-7-22-15/h1-8,23H. The molecule has 0 unspecified atom stereocenters. The van der Waals surface area contributed by atoms with Crippen LogP contribution in [0.4, 0.5) is 27.6 Å². The number of anilines is 1. The molecule has 1 N–H and O–H groups in total. The summed E-state index contributed by atoms with van der Waals surface area (Å²) in [7, 11) is -4.38. The number of alkyl halides is 3. The smallest absolute Gasteiger partial charge is 0.280 e. The zero-order valence-electron chi connectivity index (χ0n) is 12.7. The van der Waals surface area contributed by atoms with Crippen molar-refractivity contribution < 1.29 is 30.4 Å². The fourth-order valence-corrected chi connectivity index (χ4v) is 3.61. The maximum Gasteiger partial charge on any atom is 0.419 e. The summed E-state index contributed by atoms with van der Waals surface area (Å²) in [6, 6.07) is 6.26. The van der Waals surface area contributed by atoms with Crippen LogP contribution in [0.3, 0.4) is 0 Å². The molecule has 0 aliphatic heterocycles. The highest BCUT2D eigenvalue weighted by molar-refractivity contribution is 7.93. The second-order valence-electron chi connectivity index (χ2n) is 5.24. The number of nitrogens with one attached hydrogen (secondary N) is 1. The maximum atomic E-state index is 13.8. The summed E-state index contributed by atoms with van der Waals surface area (Å²) >= 11 is 0. The quantitative estimate of drug-likeness (QED) is 0.680. The van der Waals surface area contributed by atoms with Gasteiger partial charge in [0, 0.05) is 17.3 Å². The first-order valence-corrected chi connectivity index (χ1v) is 8.51. The summed E-state index contributed by atoms with van der Waals surface area (Å²) in [5.41, 5.74) is -2.30. The SMILES string of the molecule is O=S(=O)(Nc1ccc(F)c(C(F)(F)F)c1)c1ccc(F)c2ncccc12. The molecule has 1 heterocycles. The van der Waals surface area contributed by atoms with E-state index in [0.29, 0.717) is 12.1 Å². The van der Waals surface area contributed by atoms with Crippen LogP contribution in [0.25, 0.3) is 10.9 Å². The summed E-state index contributed by atoms with van der Waals surface area (Å²) in [5.74, 6) is -2.28. The molecule has 0 aliphatic carbocycles. The van der Waals surface area contributed by atoms with Gasteiger partial charge in [-0.25, -0.2) is 17.2 Å². The Kier molecular flexibility index (Phi) is 4.31. The van der Waals surface area contributed by atoms with Crippen LogP contribution in [0, 0.1) is 11.6 Å². The summed E-state index contributed by atoms with van der Waals surface area (Å²) in [6.07, 6.45) is -3.72. The number of nitrogens with zero attached hydrogens (tertiary/aromatic N) is 1. The molecule has 10 heteroatoms. The first-order chi connectivity index (χ1) is 12.1. The van der Waals surface area contributed by atoms with E-state index in [9.17, 15) is 30.4 Å². The Morgan fingerprint density at radius 1 is 0.962 bits per heavy atom. The molecule has 0 fully saturated rings. The summed E-state index contributed by atoms with van der Waals surface area (Å²) < 4.78 is 92.4. The lowest BCUT2D eigenvalue weighted by molar-refractivity contribution is -0.139. The number of sulfonamides is 1. The number of hydrogen-bond acceptors (Lipinski definition) is 3. The monoisotopic (exact) mass is 388 g/mol. The molecule has 0 bridgehead atoms. The van der Waals surface area contributed by atoms with Crippen molar-refractivity contribution in [2.45, 2.75) is 11.1 Å². The molecule has 0 saturated carbocycles. The molecule has 2 aromatic carbocycles. The van der Waals surface area contributed by atoms with Crippen molar-refractivity contribution in [1.82, 2.24) is 4.98 Å². The zero-order valence-corrected chi connectivity index (χ0v) is 13.5. The molecule has 3 rings (SSSR count). The number of fused-ring (bicyclic) bond motifs is 1. The van der Waals surface area contributed by atoms with Gasteiger partial charge >= 0.3 is 6.18 Å². The summed E-state index contributed by atoms with van der Waals surface area (Å²) in [6.45, 7) is 0. The molecule has 0 aliphatic rings. The number of benzene rings is 2. The van der Waals surface area contributed by atoms with Gasteiger partial charge in [-0.05, 0) is 42.5 Å². The first kappa shape index (κ1) is 18.1. The van der Waals surface area contributed by atoms with Gasteiger partial charge in [-0.15, -0.1) is 0 Å². The number of halogens is 5. The van der Waals surface area contributed by atoms with Crippen LogP contribution in [0.1, 0.15) is 5.56 Å². The van der Waals surface area contributed by atoms with Crippen LogP contribution in [-0.2, 0) is 16.2 Å². The number of pyridine rings is 1. The van der Waals surface area contributed by atoms with Crippen molar-refractivity contribution in [3.05, 3.63) is 65.9 Å². The Balaban J connectivity index is 2.08. The summed E-state index contributed by atoms with van der Waals surface area (Å²) in [5, 5.41) is -0.0434. The third-order valence-corrected chi connectivity index (χ3v) is 4.93. The van der Waals surface area contributed by atoms with E-state index < -0.39 is 39.1 Å². The first-order valence-electron chi connectivity index (χ1n) is 7.02. The molecule has 3 aromatic rings. The van der Waals surface area contributed by atoms with Crippen LogP contribution < -0.4 is 4.72 Å². The van der Waals surface area contributed by atoms with E-state index in [0.717, 1.165) is 18.2 Å². The lowest BCUT2D eigenvalue weighted by Gasteiger charge is -2.13. The molecular formula is C16H9F5N2O2S. The number of rotatable bonds is 3. The van der Waals surface area contributed by atoms with Gasteiger partial charge in [-0.3, -0.25) is 9.71 Å². The van der Waals surface area contributed by atoms with E-state index in [4.69, 9.17) is 0 Å². The Labute approximate surface area is 144 Å². The van der Waals surface area contributed by atoms with Gasteiger partial charge in [0.15, 0.2) is 0 Å². The highest BCUT2D eigenvalue weighted by atomic mass is 32.2. The summed E-state index contributed by atoms with van der Waals surface area (Å²) in [4.78, 5) is 3.38. The second kappa shape index (κ2) is 6.20. The van der Waals surface area contributed by atoms with E-state index in [1.807, 2.05) is 4.72 Å². The van der Waals surface area contributed by atoms with Gasteiger partial charge < -0.3 is 0 Å². The topological polar surface area (TPSA) is 59.1 Å². The van der Waals surface area contributed by atoms with Gasteiger partial charge in [0.25, 0.3) is 10.0 Å². The molecule has 0 radical (unpaired) electrons. The lowest BCUT2D eigenvalue weighted by atomic mass is 10.2. The third kappa shape index (κ3) is 3.32. The number of hydrogen-bond donors (Lipinski definition) is 1. The fourth-order valence-electron chi connectivity index (χ4n) is 2.36. The van der Waals surface area contributed by atoms with E-state index in [-0.39, 0.29) is 15.8 Å². The molecule has 136 valence electrons. The van der Waals surface area contributed by atoms with Gasteiger partial charge in [0.2, 0.25) is 0 Å². The average molecular weight is 388 g/mol. The normalized spacial score (nSPS) is 12.3. The molecule has 0 spiro atoms. The van der Waals surface area contributed by atoms with E-state index >= 15 is 0 Å². The van der Waals surface area contributed by atoms with Crippen LogP contribution in [0.5, 0.6) is 0 Å². The number of aromatic nitrogens is 1. The molecular weight excluding hydrogens is 379 g/mol. The van der Waals surface area contributed by atoms with Crippen molar-refractivity contribution in [3.8, 4) is 0 Å². The van der Waals surface area contributed by atoms with E-state index in [2.05, 4.69) is 4.98 Å². The predicted octanol–water partition coefficient (Wildman–Crippen LogP) is 4.33. The molecule has 4 nitrogen and oxygen atoms in total. The highest BCUT2D eigenvalue weighted by Gasteiger charge is 2.34. The minimum absolute atomic E-state index is 0.0434. The van der Waals surface area contributed by atoms with Gasteiger partial charge in [0.05, 0.1) is 10.5 Å². The predicted molar refractivity (Wildman–Crippen MR) is 83.9 cm³/mol. The third-order valence-electron chi connectivity index (χ3n) is 3.49. The van der Waals surface area contributed by atoms with Crippen LogP contribution in [0.15, 0.2) is 53.6 Å².